The van der Waals surface area contributed by atoms with E-state index in [1.165, 1.54) is 11.3 Å². The van der Waals surface area contributed by atoms with E-state index in [1.54, 1.807) is 13.0 Å². The van der Waals surface area contributed by atoms with Gasteiger partial charge in [-0.1, -0.05) is 0 Å². The highest BCUT2D eigenvalue weighted by atomic mass is 79.9. The van der Waals surface area contributed by atoms with Gasteiger partial charge in [0.25, 0.3) is 5.91 Å². The molecule has 1 aromatic heterocycles. The van der Waals surface area contributed by atoms with Crippen molar-refractivity contribution in [2.24, 2.45) is 0 Å². The van der Waals surface area contributed by atoms with Gasteiger partial charge in [-0.3, -0.25) is 14.5 Å². The average Bonchev–Trinajstić information content (AvgIpc) is 3.05. The lowest BCUT2D eigenvalue weighted by atomic mass is 10.0. The second-order valence-corrected chi connectivity index (χ2v) is 8.64. The first kappa shape index (κ1) is 19.9. The summed E-state index contributed by atoms with van der Waals surface area (Å²) in [5, 5.41) is 5.38. The number of hydrogen-bond donors (Lipinski definition) is 2. The Morgan fingerprint density at radius 1 is 1.44 bits per heavy atom. The van der Waals surface area contributed by atoms with Crippen molar-refractivity contribution in [1.82, 2.24) is 15.5 Å². The van der Waals surface area contributed by atoms with Crippen molar-refractivity contribution >= 4 is 45.1 Å². The number of nitrogens with zero attached hydrogens (tertiary/aromatic N) is 1. The fraction of sp³-hybridized carbons (Fsp3) is 0.562. The zero-order valence-electron chi connectivity index (χ0n) is 14.4. The molecule has 0 spiro atoms. The first-order valence-electron chi connectivity index (χ1n) is 8.02. The van der Waals surface area contributed by atoms with E-state index in [4.69, 9.17) is 4.74 Å². The van der Waals surface area contributed by atoms with Crippen LogP contribution < -0.4 is 10.6 Å². The molecule has 1 aliphatic heterocycles. The summed E-state index contributed by atoms with van der Waals surface area (Å²) >= 11 is 4.72. The second-order valence-electron chi connectivity index (χ2n) is 6.17. The number of ether oxygens (including phenoxy) is 1. The van der Waals surface area contributed by atoms with E-state index in [1.807, 2.05) is 19.9 Å². The van der Waals surface area contributed by atoms with E-state index in [0.29, 0.717) is 24.4 Å². The van der Waals surface area contributed by atoms with E-state index in [2.05, 4.69) is 26.6 Å². The molecule has 0 bridgehead atoms. The number of amides is 4. The average molecular weight is 432 g/mol. The minimum absolute atomic E-state index is 0.150. The van der Waals surface area contributed by atoms with Gasteiger partial charge in [-0.25, -0.2) is 4.79 Å². The number of carbonyl (C=O) groups is 3. The predicted molar refractivity (Wildman–Crippen MR) is 98.3 cm³/mol. The first-order chi connectivity index (χ1) is 11.7. The van der Waals surface area contributed by atoms with E-state index in [9.17, 15) is 14.4 Å². The van der Waals surface area contributed by atoms with E-state index >= 15 is 0 Å². The molecule has 1 saturated heterocycles. The van der Waals surface area contributed by atoms with Crippen LogP contribution in [0.2, 0.25) is 0 Å². The van der Waals surface area contributed by atoms with Crippen molar-refractivity contribution in [3.8, 4) is 0 Å². The van der Waals surface area contributed by atoms with Crippen molar-refractivity contribution in [2.45, 2.75) is 38.8 Å². The number of thiophene rings is 1. The van der Waals surface area contributed by atoms with E-state index in [0.717, 1.165) is 8.69 Å². The molecule has 1 unspecified atom stereocenters. The minimum Gasteiger partial charge on any atom is -0.379 e. The molecule has 4 amide bonds. The lowest BCUT2D eigenvalue weighted by Crippen LogP contribution is -2.43. The SMILES string of the molecule is CC(C)OCCCNC(=O)CN1C(=O)NC(C)(c2ccc(Br)s2)C1=O. The molecule has 0 aliphatic carbocycles. The number of urea groups is 1. The fourth-order valence-electron chi connectivity index (χ4n) is 2.41. The largest absolute Gasteiger partial charge is 0.379 e. The number of hydrogen-bond acceptors (Lipinski definition) is 5. The number of halogens is 1. The Hall–Kier alpha value is -1.45. The molecule has 9 heteroatoms. The predicted octanol–water partition coefficient (Wildman–Crippen LogP) is 2.21. The number of carbonyl (C=O) groups excluding carboxylic acids is 3. The maximum atomic E-state index is 12.7. The van der Waals surface area contributed by atoms with Crippen LogP contribution in [0.25, 0.3) is 0 Å². The highest BCUT2D eigenvalue weighted by Gasteiger charge is 2.50. The van der Waals surface area contributed by atoms with Crippen LogP contribution in [0.5, 0.6) is 0 Å². The van der Waals surface area contributed by atoms with Crippen LogP contribution in [0.3, 0.4) is 0 Å². The Morgan fingerprint density at radius 2 is 2.16 bits per heavy atom. The maximum Gasteiger partial charge on any atom is 0.325 e. The third-order valence-corrected chi connectivity index (χ3v) is 5.58. The molecular formula is C16H22BrN3O4S. The van der Waals surface area contributed by atoms with Crippen LogP contribution in [0.4, 0.5) is 4.79 Å². The third kappa shape index (κ3) is 4.80. The molecule has 25 heavy (non-hydrogen) atoms. The molecule has 1 fully saturated rings. The van der Waals surface area contributed by atoms with Gasteiger partial charge in [0.1, 0.15) is 6.54 Å². The van der Waals surface area contributed by atoms with Gasteiger partial charge in [0.05, 0.1) is 9.89 Å². The zero-order valence-corrected chi connectivity index (χ0v) is 16.8. The van der Waals surface area contributed by atoms with Gasteiger partial charge in [-0.2, -0.15) is 0 Å². The van der Waals surface area contributed by atoms with Crippen LogP contribution in [0, 0.1) is 0 Å². The Balaban J connectivity index is 1.89. The number of rotatable bonds is 8. The van der Waals surface area contributed by atoms with E-state index in [-0.39, 0.29) is 18.6 Å². The highest BCUT2D eigenvalue weighted by molar-refractivity contribution is 9.11. The minimum atomic E-state index is -1.14. The van der Waals surface area contributed by atoms with Crippen LogP contribution in [-0.4, -0.2) is 48.5 Å². The number of nitrogens with one attached hydrogen (secondary N) is 2. The molecule has 2 N–H and O–H groups in total. The highest BCUT2D eigenvalue weighted by Crippen LogP contribution is 2.35. The summed E-state index contributed by atoms with van der Waals surface area (Å²) in [4.78, 5) is 38.5. The van der Waals surface area contributed by atoms with Crippen molar-refractivity contribution in [3.63, 3.8) is 0 Å². The summed E-state index contributed by atoms with van der Waals surface area (Å²) < 4.78 is 6.25. The molecular weight excluding hydrogens is 410 g/mol. The van der Waals surface area contributed by atoms with E-state index < -0.39 is 17.5 Å². The van der Waals surface area contributed by atoms with Crippen molar-refractivity contribution in [3.05, 3.63) is 20.8 Å². The summed E-state index contributed by atoms with van der Waals surface area (Å²) in [6.07, 6.45) is 0.821. The molecule has 0 aromatic carbocycles. The monoisotopic (exact) mass is 431 g/mol. The van der Waals surface area contributed by atoms with Gasteiger partial charge >= 0.3 is 6.03 Å². The Bertz CT molecular complexity index is 664. The maximum absolute atomic E-state index is 12.7. The first-order valence-corrected chi connectivity index (χ1v) is 9.63. The molecule has 1 aromatic rings. The molecule has 0 radical (unpaired) electrons. The molecule has 1 aliphatic rings. The van der Waals surface area contributed by atoms with Crippen LogP contribution >= 0.6 is 27.3 Å². The van der Waals surface area contributed by atoms with Crippen molar-refractivity contribution in [2.75, 3.05) is 19.7 Å². The van der Waals surface area contributed by atoms with Crippen molar-refractivity contribution < 1.29 is 19.1 Å². The molecule has 2 rings (SSSR count). The lowest BCUT2D eigenvalue weighted by Gasteiger charge is -2.20. The third-order valence-electron chi connectivity index (χ3n) is 3.74. The molecule has 0 saturated carbocycles. The molecule has 138 valence electrons. The van der Waals surface area contributed by atoms with Gasteiger partial charge in [0.2, 0.25) is 5.91 Å². The summed E-state index contributed by atoms with van der Waals surface area (Å²) in [7, 11) is 0. The summed E-state index contributed by atoms with van der Waals surface area (Å²) in [6, 6.07) is 3.04. The Kier molecular flexibility index (Phi) is 6.59. The van der Waals surface area contributed by atoms with Crippen molar-refractivity contribution in [1.29, 1.82) is 0 Å². The standard InChI is InChI=1S/C16H22BrN3O4S/c1-10(2)24-8-4-7-18-13(21)9-20-14(22)16(3,19-15(20)23)11-5-6-12(17)25-11/h5-6,10H,4,7-9H2,1-3H3,(H,18,21)(H,19,23). The van der Waals surface area contributed by atoms with Gasteiger partial charge < -0.3 is 15.4 Å². The Morgan fingerprint density at radius 3 is 2.76 bits per heavy atom. The lowest BCUT2D eigenvalue weighted by molar-refractivity contribution is -0.134. The van der Waals surface area contributed by atoms with Gasteiger partial charge in [0, 0.05) is 18.0 Å². The second kappa shape index (κ2) is 8.29. The quantitative estimate of drug-likeness (QED) is 0.487. The topological polar surface area (TPSA) is 87.7 Å². The summed E-state index contributed by atoms with van der Waals surface area (Å²) in [5.74, 6) is -0.796. The van der Waals surface area contributed by atoms with Gasteiger partial charge in [-0.15, -0.1) is 11.3 Å². The summed E-state index contributed by atoms with van der Waals surface area (Å²) in [6.45, 7) is 6.22. The smallest absolute Gasteiger partial charge is 0.325 e. The Labute approximate surface area is 159 Å². The fourth-order valence-corrected chi connectivity index (χ4v) is 3.89. The normalized spacial score (nSPS) is 20.3. The number of imide groups is 1. The van der Waals surface area contributed by atoms with Gasteiger partial charge in [0.15, 0.2) is 5.54 Å². The van der Waals surface area contributed by atoms with Gasteiger partial charge in [-0.05, 0) is 55.3 Å². The summed E-state index contributed by atoms with van der Waals surface area (Å²) in [5.41, 5.74) is -1.14. The van der Waals surface area contributed by atoms with Crippen LogP contribution in [0.15, 0.2) is 15.9 Å². The van der Waals surface area contributed by atoms with Crippen LogP contribution in [-0.2, 0) is 19.9 Å². The molecule has 2 heterocycles. The molecule has 7 nitrogen and oxygen atoms in total. The van der Waals surface area contributed by atoms with Crippen LogP contribution in [0.1, 0.15) is 32.1 Å². The zero-order chi connectivity index (χ0) is 18.6. The molecule has 1 atom stereocenters.